The van der Waals surface area contributed by atoms with Crippen LogP contribution >= 0.6 is 0 Å². The SMILES string of the molecule is CCc1nn(C)cc1NS(=O)(=O)c1ccc(S(=O)(=O)F)cc1. The van der Waals surface area contributed by atoms with E-state index in [2.05, 4.69) is 9.82 Å². The van der Waals surface area contributed by atoms with E-state index in [9.17, 15) is 20.7 Å². The molecule has 1 aromatic carbocycles. The number of aryl methyl sites for hydroxylation is 2. The summed E-state index contributed by atoms with van der Waals surface area (Å²) in [4.78, 5) is -0.770. The van der Waals surface area contributed by atoms with E-state index < -0.39 is 25.1 Å². The van der Waals surface area contributed by atoms with Gasteiger partial charge in [-0.2, -0.15) is 13.5 Å². The summed E-state index contributed by atoms with van der Waals surface area (Å²) in [5, 5.41) is 4.11. The Bertz CT molecular complexity index is 887. The van der Waals surface area contributed by atoms with Crippen molar-refractivity contribution in [1.29, 1.82) is 0 Å². The summed E-state index contributed by atoms with van der Waals surface area (Å²) in [5.74, 6) is 0. The number of benzene rings is 1. The van der Waals surface area contributed by atoms with Crippen LogP contribution in [0.2, 0.25) is 0 Å². The minimum absolute atomic E-state index is 0.175. The van der Waals surface area contributed by atoms with Gasteiger partial charge in [0, 0.05) is 13.2 Å². The van der Waals surface area contributed by atoms with Crippen LogP contribution in [0.4, 0.5) is 9.57 Å². The molecule has 120 valence electrons. The first kappa shape index (κ1) is 16.4. The van der Waals surface area contributed by atoms with Crippen LogP contribution in [0.15, 0.2) is 40.3 Å². The Hall–Kier alpha value is -1.94. The maximum absolute atomic E-state index is 12.8. The molecular formula is C12H14FN3O4S2. The summed E-state index contributed by atoms with van der Waals surface area (Å²) < 4.78 is 62.6. The molecule has 0 radical (unpaired) electrons. The Morgan fingerprint density at radius 2 is 1.68 bits per heavy atom. The smallest absolute Gasteiger partial charge is 0.276 e. The van der Waals surface area contributed by atoms with Crippen molar-refractivity contribution in [2.45, 2.75) is 23.1 Å². The zero-order chi connectivity index (χ0) is 16.5. The number of sulfonamides is 1. The molecule has 0 saturated carbocycles. The highest BCUT2D eigenvalue weighted by molar-refractivity contribution is 7.92. The number of halogens is 1. The molecule has 0 aliphatic carbocycles. The van der Waals surface area contributed by atoms with Gasteiger partial charge in [-0.05, 0) is 30.7 Å². The zero-order valence-corrected chi connectivity index (χ0v) is 13.4. The van der Waals surface area contributed by atoms with Crippen molar-refractivity contribution in [1.82, 2.24) is 9.78 Å². The molecule has 0 unspecified atom stereocenters. The predicted molar refractivity (Wildman–Crippen MR) is 78.1 cm³/mol. The van der Waals surface area contributed by atoms with Crippen molar-refractivity contribution < 1.29 is 20.7 Å². The Balaban J connectivity index is 2.34. The molecule has 10 heteroatoms. The number of aromatic nitrogens is 2. The third-order valence-corrected chi connectivity index (χ3v) is 5.12. The molecule has 0 spiro atoms. The summed E-state index contributed by atoms with van der Waals surface area (Å²) in [5.41, 5.74) is 0.918. The highest BCUT2D eigenvalue weighted by atomic mass is 32.3. The van der Waals surface area contributed by atoms with E-state index >= 15 is 0 Å². The number of nitrogens with zero attached hydrogens (tertiary/aromatic N) is 2. The zero-order valence-electron chi connectivity index (χ0n) is 11.8. The van der Waals surface area contributed by atoms with Crippen molar-refractivity contribution >= 4 is 25.9 Å². The monoisotopic (exact) mass is 347 g/mol. The third-order valence-electron chi connectivity index (χ3n) is 2.90. The molecule has 7 nitrogen and oxygen atoms in total. The summed E-state index contributed by atoms with van der Waals surface area (Å²) in [6.07, 6.45) is 2.06. The maximum Gasteiger partial charge on any atom is 0.332 e. The van der Waals surface area contributed by atoms with Gasteiger partial charge in [0.2, 0.25) is 0 Å². The van der Waals surface area contributed by atoms with Crippen LogP contribution in [-0.4, -0.2) is 26.6 Å². The first-order chi connectivity index (χ1) is 10.1. The Morgan fingerprint density at radius 1 is 1.14 bits per heavy atom. The molecule has 1 heterocycles. The van der Waals surface area contributed by atoms with E-state index in [-0.39, 0.29) is 4.90 Å². The summed E-state index contributed by atoms with van der Waals surface area (Å²) >= 11 is 0. The minimum Gasteiger partial charge on any atom is -0.276 e. The average molecular weight is 347 g/mol. The van der Waals surface area contributed by atoms with E-state index in [1.54, 1.807) is 7.05 Å². The second-order valence-electron chi connectivity index (χ2n) is 4.53. The van der Waals surface area contributed by atoms with E-state index in [4.69, 9.17) is 0 Å². The fourth-order valence-electron chi connectivity index (χ4n) is 1.87. The maximum atomic E-state index is 12.8. The number of nitrogens with one attached hydrogen (secondary N) is 1. The average Bonchev–Trinajstić information content (AvgIpc) is 2.77. The molecule has 0 aliphatic heterocycles. The van der Waals surface area contributed by atoms with Crippen molar-refractivity contribution in [3.05, 3.63) is 36.2 Å². The van der Waals surface area contributed by atoms with Gasteiger partial charge in [0.1, 0.15) is 0 Å². The van der Waals surface area contributed by atoms with Gasteiger partial charge in [-0.25, -0.2) is 8.42 Å². The Kier molecular flexibility index (Phi) is 4.25. The first-order valence-electron chi connectivity index (χ1n) is 6.23. The van der Waals surface area contributed by atoms with Crippen LogP contribution in [0.5, 0.6) is 0 Å². The topological polar surface area (TPSA) is 98.1 Å². The predicted octanol–water partition coefficient (Wildman–Crippen LogP) is 1.44. The lowest BCUT2D eigenvalue weighted by Gasteiger charge is -2.07. The quantitative estimate of drug-likeness (QED) is 0.825. The van der Waals surface area contributed by atoms with E-state index in [1.165, 1.54) is 10.9 Å². The van der Waals surface area contributed by atoms with Gasteiger partial charge in [-0.3, -0.25) is 9.40 Å². The lowest BCUT2D eigenvalue weighted by Crippen LogP contribution is -2.13. The van der Waals surface area contributed by atoms with Crippen LogP contribution < -0.4 is 4.72 Å². The van der Waals surface area contributed by atoms with Gasteiger partial charge in [-0.15, -0.1) is 3.89 Å². The van der Waals surface area contributed by atoms with Crippen LogP contribution in [0, 0.1) is 0 Å². The molecule has 2 rings (SSSR count). The summed E-state index contributed by atoms with van der Waals surface area (Å²) in [6, 6.07) is 3.84. The van der Waals surface area contributed by atoms with Gasteiger partial charge >= 0.3 is 10.2 Å². The van der Waals surface area contributed by atoms with Crippen molar-refractivity contribution in [2.75, 3.05) is 4.72 Å². The largest absolute Gasteiger partial charge is 0.332 e. The van der Waals surface area contributed by atoms with E-state index in [0.717, 1.165) is 24.3 Å². The van der Waals surface area contributed by atoms with Crippen molar-refractivity contribution in [3.8, 4) is 0 Å². The normalized spacial score (nSPS) is 12.3. The number of hydrogen-bond acceptors (Lipinski definition) is 5. The van der Waals surface area contributed by atoms with Crippen LogP contribution in [-0.2, 0) is 33.7 Å². The summed E-state index contributed by atoms with van der Waals surface area (Å²) in [7, 11) is -7.11. The fourth-order valence-corrected chi connectivity index (χ4v) is 3.40. The molecule has 0 amide bonds. The number of anilines is 1. The second-order valence-corrected chi connectivity index (χ2v) is 7.56. The molecule has 0 bridgehead atoms. The minimum atomic E-state index is -4.86. The molecule has 22 heavy (non-hydrogen) atoms. The van der Waals surface area contributed by atoms with Gasteiger partial charge in [-0.1, -0.05) is 6.92 Å². The van der Waals surface area contributed by atoms with Crippen LogP contribution in [0.1, 0.15) is 12.6 Å². The molecule has 0 fully saturated rings. The molecule has 0 saturated heterocycles. The van der Waals surface area contributed by atoms with E-state index in [0.29, 0.717) is 17.8 Å². The standard InChI is InChI=1S/C12H14FN3O4S2/c1-3-11-12(8-16(2)14-11)15-22(19,20)10-6-4-9(5-7-10)21(13,17)18/h4-8,15H,3H2,1-2H3. The number of hydrogen-bond donors (Lipinski definition) is 1. The lowest BCUT2D eigenvalue weighted by atomic mass is 10.3. The van der Waals surface area contributed by atoms with Crippen LogP contribution in [0.3, 0.4) is 0 Å². The molecule has 1 aromatic heterocycles. The lowest BCUT2D eigenvalue weighted by molar-refractivity contribution is 0.551. The fraction of sp³-hybridized carbons (Fsp3) is 0.250. The molecule has 0 atom stereocenters. The molecule has 2 aromatic rings. The van der Waals surface area contributed by atoms with E-state index in [1.807, 2.05) is 6.92 Å². The molecule has 0 aliphatic rings. The number of rotatable bonds is 5. The van der Waals surface area contributed by atoms with Gasteiger partial charge in [0.15, 0.2) is 0 Å². The van der Waals surface area contributed by atoms with Crippen molar-refractivity contribution in [3.63, 3.8) is 0 Å². The summed E-state index contributed by atoms with van der Waals surface area (Å²) in [6.45, 7) is 1.83. The molecule has 1 N–H and O–H groups in total. The highest BCUT2D eigenvalue weighted by Gasteiger charge is 2.19. The highest BCUT2D eigenvalue weighted by Crippen LogP contribution is 2.21. The van der Waals surface area contributed by atoms with Crippen LogP contribution in [0.25, 0.3) is 0 Å². The third kappa shape index (κ3) is 3.45. The first-order valence-corrected chi connectivity index (χ1v) is 9.10. The van der Waals surface area contributed by atoms with Gasteiger partial charge < -0.3 is 0 Å². The Morgan fingerprint density at radius 3 is 2.18 bits per heavy atom. The van der Waals surface area contributed by atoms with Gasteiger partial charge in [0.25, 0.3) is 10.0 Å². The molecular weight excluding hydrogens is 333 g/mol. The second kappa shape index (κ2) is 5.69. The Labute approximate surface area is 128 Å². The van der Waals surface area contributed by atoms with Crippen molar-refractivity contribution in [2.24, 2.45) is 7.05 Å². The van der Waals surface area contributed by atoms with Gasteiger partial charge in [0.05, 0.1) is 21.2 Å².